The maximum atomic E-state index is 11.8. The number of carbonyl (C=O) groups excluding carboxylic acids is 1. The Morgan fingerprint density at radius 1 is 1.69 bits per heavy atom. The van der Waals surface area contributed by atoms with Crippen LogP contribution in [0.25, 0.3) is 0 Å². The van der Waals surface area contributed by atoms with Crippen molar-refractivity contribution >= 4 is 21.8 Å². The molecular formula is C11H17BrN2O2. The van der Waals surface area contributed by atoms with E-state index in [2.05, 4.69) is 21.2 Å². The molecule has 0 aliphatic carbocycles. The van der Waals surface area contributed by atoms with Gasteiger partial charge in [0.2, 0.25) is 0 Å². The topological polar surface area (TPSA) is 54.3 Å². The molecule has 90 valence electrons. The third-order valence-corrected chi connectivity index (χ3v) is 2.72. The first-order valence-electron chi connectivity index (χ1n) is 5.36. The van der Waals surface area contributed by atoms with Gasteiger partial charge < -0.3 is 15.0 Å². The first kappa shape index (κ1) is 13.3. The molecule has 1 atom stereocenters. The summed E-state index contributed by atoms with van der Waals surface area (Å²) >= 11 is 3.34. The Balaban J connectivity index is 2.58. The molecule has 0 aliphatic heterocycles. The highest BCUT2D eigenvalue weighted by atomic mass is 79.9. The van der Waals surface area contributed by atoms with Gasteiger partial charge in [-0.15, -0.1) is 0 Å². The molecule has 0 aliphatic rings. The zero-order valence-corrected chi connectivity index (χ0v) is 11.1. The summed E-state index contributed by atoms with van der Waals surface area (Å²) in [5.41, 5.74) is 0.639. The minimum atomic E-state index is -0.384. The molecule has 0 bridgehead atoms. The van der Waals surface area contributed by atoms with Gasteiger partial charge in [-0.2, -0.15) is 0 Å². The number of carbonyl (C=O) groups is 1. The van der Waals surface area contributed by atoms with Crippen molar-refractivity contribution in [3.8, 4) is 0 Å². The van der Waals surface area contributed by atoms with E-state index in [1.165, 1.54) is 0 Å². The quantitative estimate of drug-likeness (QED) is 0.868. The summed E-state index contributed by atoms with van der Waals surface area (Å²) < 4.78 is 2.77. The molecule has 1 rings (SSSR count). The second-order valence-electron chi connectivity index (χ2n) is 3.72. The van der Waals surface area contributed by atoms with Crippen molar-refractivity contribution < 1.29 is 9.90 Å². The number of nitrogens with zero attached hydrogens (tertiary/aromatic N) is 1. The van der Waals surface area contributed by atoms with Crippen LogP contribution >= 0.6 is 15.9 Å². The molecule has 0 saturated carbocycles. The lowest BCUT2D eigenvalue weighted by Gasteiger charge is -2.08. The molecule has 0 spiro atoms. The van der Waals surface area contributed by atoms with Crippen LogP contribution in [0.5, 0.6) is 0 Å². The van der Waals surface area contributed by atoms with Crippen LogP contribution in [0.4, 0.5) is 0 Å². The van der Waals surface area contributed by atoms with Gasteiger partial charge in [-0.3, -0.25) is 4.79 Å². The highest BCUT2D eigenvalue weighted by Crippen LogP contribution is 2.14. The molecule has 1 aromatic rings. The Hall–Kier alpha value is -0.810. The minimum absolute atomic E-state index is 0.104. The zero-order valence-electron chi connectivity index (χ0n) is 9.53. The Morgan fingerprint density at radius 3 is 2.94 bits per heavy atom. The first-order valence-corrected chi connectivity index (χ1v) is 6.15. The van der Waals surface area contributed by atoms with Gasteiger partial charge in [0, 0.05) is 23.8 Å². The van der Waals surface area contributed by atoms with Crippen LogP contribution in [-0.2, 0) is 6.54 Å². The molecule has 0 saturated heterocycles. The van der Waals surface area contributed by atoms with Crippen LogP contribution in [0, 0.1) is 0 Å². The van der Waals surface area contributed by atoms with Crippen LogP contribution in [0.15, 0.2) is 16.7 Å². The fourth-order valence-corrected chi connectivity index (χ4v) is 1.88. The number of rotatable bonds is 5. The number of aliphatic hydroxyl groups excluding tert-OH is 1. The van der Waals surface area contributed by atoms with Crippen molar-refractivity contribution in [1.29, 1.82) is 0 Å². The van der Waals surface area contributed by atoms with Crippen molar-refractivity contribution in [2.45, 2.75) is 32.9 Å². The number of halogens is 1. The van der Waals surface area contributed by atoms with Crippen molar-refractivity contribution in [3.63, 3.8) is 0 Å². The van der Waals surface area contributed by atoms with Gasteiger partial charge in [0.1, 0.15) is 5.69 Å². The normalized spacial score (nSPS) is 12.5. The molecule has 16 heavy (non-hydrogen) atoms. The molecule has 4 nitrogen and oxygen atoms in total. The summed E-state index contributed by atoms with van der Waals surface area (Å²) in [6.07, 6.45) is 2.06. The van der Waals surface area contributed by atoms with Crippen molar-refractivity contribution in [2.75, 3.05) is 6.54 Å². The van der Waals surface area contributed by atoms with E-state index < -0.39 is 0 Å². The summed E-state index contributed by atoms with van der Waals surface area (Å²) in [6.45, 7) is 4.93. The summed E-state index contributed by atoms with van der Waals surface area (Å²) in [5.74, 6) is -0.104. The highest BCUT2D eigenvalue weighted by molar-refractivity contribution is 9.10. The molecule has 1 heterocycles. The molecule has 1 aromatic heterocycles. The molecule has 0 radical (unpaired) electrons. The van der Waals surface area contributed by atoms with E-state index in [9.17, 15) is 4.79 Å². The fourth-order valence-electron chi connectivity index (χ4n) is 1.41. The van der Waals surface area contributed by atoms with E-state index in [-0.39, 0.29) is 12.0 Å². The number of aromatic nitrogens is 1. The van der Waals surface area contributed by atoms with Crippen LogP contribution < -0.4 is 5.32 Å². The molecule has 0 aromatic carbocycles. The highest BCUT2D eigenvalue weighted by Gasteiger charge is 2.11. The van der Waals surface area contributed by atoms with E-state index in [0.29, 0.717) is 18.7 Å². The third kappa shape index (κ3) is 3.64. The molecular weight excluding hydrogens is 272 g/mol. The summed E-state index contributed by atoms with van der Waals surface area (Å²) in [4.78, 5) is 11.8. The van der Waals surface area contributed by atoms with Gasteiger partial charge in [0.25, 0.3) is 5.91 Å². The van der Waals surface area contributed by atoms with Crippen molar-refractivity contribution in [1.82, 2.24) is 9.88 Å². The fraction of sp³-hybridized carbons (Fsp3) is 0.545. The van der Waals surface area contributed by atoms with Gasteiger partial charge in [-0.1, -0.05) is 0 Å². The lowest BCUT2D eigenvalue weighted by molar-refractivity contribution is 0.0936. The smallest absolute Gasteiger partial charge is 0.267 e. The number of amides is 1. The number of hydrogen-bond donors (Lipinski definition) is 2. The molecule has 2 N–H and O–H groups in total. The zero-order chi connectivity index (χ0) is 12.1. The first-order chi connectivity index (χ1) is 7.54. The number of hydrogen-bond acceptors (Lipinski definition) is 2. The van der Waals surface area contributed by atoms with Gasteiger partial charge >= 0.3 is 0 Å². The molecule has 5 heteroatoms. The lowest BCUT2D eigenvalue weighted by atomic mass is 10.3. The monoisotopic (exact) mass is 288 g/mol. The van der Waals surface area contributed by atoms with Crippen molar-refractivity contribution in [3.05, 3.63) is 22.4 Å². The summed E-state index contributed by atoms with van der Waals surface area (Å²) in [7, 11) is 0. The Morgan fingerprint density at radius 2 is 2.38 bits per heavy atom. The summed E-state index contributed by atoms with van der Waals surface area (Å²) in [6, 6.07) is 1.79. The Kier molecular flexibility index (Phi) is 5.02. The maximum absolute atomic E-state index is 11.8. The van der Waals surface area contributed by atoms with E-state index >= 15 is 0 Å². The van der Waals surface area contributed by atoms with E-state index in [1.54, 1.807) is 13.0 Å². The van der Waals surface area contributed by atoms with Gasteiger partial charge in [0.15, 0.2) is 0 Å². The van der Waals surface area contributed by atoms with Crippen molar-refractivity contribution in [2.24, 2.45) is 0 Å². The van der Waals surface area contributed by atoms with Crippen LogP contribution in [0.2, 0.25) is 0 Å². The minimum Gasteiger partial charge on any atom is -0.393 e. The predicted molar refractivity (Wildman–Crippen MR) is 66.4 cm³/mol. The number of aliphatic hydroxyl groups is 1. The Labute approximate surface area is 104 Å². The van der Waals surface area contributed by atoms with Gasteiger partial charge in [0.05, 0.1) is 6.10 Å². The van der Waals surface area contributed by atoms with E-state index in [1.807, 2.05) is 17.7 Å². The van der Waals surface area contributed by atoms with E-state index in [4.69, 9.17) is 5.11 Å². The third-order valence-electron chi connectivity index (χ3n) is 2.28. The average molecular weight is 289 g/mol. The molecule has 0 fully saturated rings. The van der Waals surface area contributed by atoms with Crippen LogP contribution in [-0.4, -0.2) is 28.2 Å². The second kappa shape index (κ2) is 6.06. The summed E-state index contributed by atoms with van der Waals surface area (Å²) in [5, 5.41) is 11.9. The maximum Gasteiger partial charge on any atom is 0.267 e. The lowest BCUT2D eigenvalue weighted by Crippen LogP contribution is -2.28. The Bertz CT molecular complexity index is 361. The van der Waals surface area contributed by atoms with Gasteiger partial charge in [-0.25, -0.2) is 0 Å². The second-order valence-corrected chi connectivity index (χ2v) is 4.64. The van der Waals surface area contributed by atoms with E-state index in [0.717, 1.165) is 11.0 Å². The SMILES string of the molecule is CCn1cc(Br)cc1C(=O)NCCC(C)O. The van der Waals surface area contributed by atoms with Gasteiger partial charge in [-0.05, 0) is 42.3 Å². The predicted octanol–water partition coefficient (Wildman–Crippen LogP) is 1.77. The number of nitrogens with one attached hydrogen (secondary N) is 1. The standard InChI is InChI=1S/C11H17BrN2O2/c1-3-14-7-9(12)6-10(14)11(16)13-5-4-8(2)15/h6-8,15H,3-5H2,1-2H3,(H,13,16). The molecule has 1 unspecified atom stereocenters. The number of aryl methyl sites for hydroxylation is 1. The molecule has 1 amide bonds. The van der Waals surface area contributed by atoms with Crippen LogP contribution in [0.1, 0.15) is 30.8 Å². The average Bonchev–Trinajstić information content (AvgIpc) is 2.59. The van der Waals surface area contributed by atoms with Crippen LogP contribution in [0.3, 0.4) is 0 Å². The largest absolute Gasteiger partial charge is 0.393 e.